The number of nitrogens with zero attached hydrogens (tertiary/aromatic N) is 1. The van der Waals surface area contributed by atoms with Crippen molar-refractivity contribution < 1.29 is 27.5 Å². The van der Waals surface area contributed by atoms with E-state index in [0.717, 1.165) is 6.07 Å². The van der Waals surface area contributed by atoms with Crippen LogP contribution >= 0.6 is 11.6 Å². The van der Waals surface area contributed by atoms with Crippen LogP contribution in [0.25, 0.3) is 11.1 Å². The number of carbonyl (C=O) groups excluding carboxylic acids is 2. The molecular formula is C25H24ClFN4O5S. The van der Waals surface area contributed by atoms with Crippen LogP contribution in [0.15, 0.2) is 71.6 Å². The van der Waals surface area contributed by atoms with E-state index in [1.165, 1.54) is 30.1 Å². The number of amides is 3. The lowest BCUT2D eigenvalue weighted by Crippen LogP contribution is -2.45. The van der Waals surface area contributed by atoms with E-state index in [0.29, 0.717) is 16.3 Å². The van der Waals surface area contributed by atoms with Crippen LogP contribution in [-0.4, -0.2) is 56.1 Å². The van der Waals surface area contributed by atoms with Crippen molar-refractivity contribution in [3.05, 3.63) is 77.6 Å². The van der Waals surface area contributed by atoms with Gasteiger partial charge < -0.3 is 20.6 Å². The van der Waals surface area contributed by atoms with Crippen LogP contribution in [0, 0.1) is 5.82 Å². The number of nitrogens with one attached hydrogen (secondary N) is 3. The van der Waals surface area contributed by atoms with Crippen LogP contribution in [0.3, 0.4) is 0 Å². The van der Waals surface area contributed by atoms with E-state index in [2.05, 4.69) is 15.4 Å². The Morgan fingerprint density at radius 2 is 1.76 bits per heavy atom. The fraction of sp³-hybridized carbons (Fsp3) is 0.200. The normalized spacial score (nSPS) is 17.5. The highest BCUT2D eigenvalue weighted by Gasteiger charge is 2.39. The Hall–Kier alpha value is -3.51. The van der Waals surface area contributed by atoms with Crippen LogP contribution in [0.5, 0.6) is 0 Å². The molecule has 4 rings (SSSR count). The standard InChI is InChI=1S/C25H24ClFN4O5S/c1-28-37(35,36)23-5-3-2-4-19(23)15-6-11-21(20(27)12-15)30-24(33)22-13-18(32)14-31(22)25(34)29-17-9-7-16(26)8-10-17/h2-12,18,22,28,32H,13-14H2,1H3,(H,29,34)(H,30,33). The molecule has 9 nitrogen and oxygen atoms in total. The van der Waals surface area contributed by atoms with Crippen molar-refractivity contribution in [1.82, 2.24) is 9.62 Å². The molecule has 0 aromatic heterocycles. The molecule has 194 valence electrons. The zero-order valence-corrected chi connectivity index (χ0v) is 21.2. The van der Waals surface area contributed by atoms with Crippen molar-refractivity contribution in [2.24, 2.45) is 0 Å². The van der Waals surface area contributed by atoms with Crippen molar-refractivity contribution in [3.63, 3.8) is 0 Å². The topological polar surface area (TPSA) is 128 Å². The molecule has 1 heterocycles. The Bertz CT molecular complexity index is 1440. The van der Waals surface area contributed by atoms with Crippen molar-refractivity contribution in [2.75, 3.05) is 24.2 Å². The molecule has 12 heteroatoms. The fourth-order valence-corrected chi connectivity index (χ4v) is 5.14. The predicted octanol–water partition coefficient (Wildman–Crippen LogP) is 3.66. The summed E-state index contributed by atoms with van der Waals surface area (Å²) in [6.07, 6.45) is -0.945. The number of hydrogen-bond donors (Lipinski definition) is 4. The smallest absolute Gasteiger partial charge is 0.322 e. The molecule has 3 amide bonds. The number of carbonyl (C=O) groups is 2. The van der Waals surface area contributed by atoms with Crippen molar-refractivity contribution in [3.8, 4) is 11.1 Å². The molecule has 0 bridgehead atoms. The summed E-state index contributed by atoms with van der Waals surface area (Å²) in [5, 5.41) is 15.7. The monoisotopic (exact) mass is 546 g/mol. The van der Waals surface area contributed by atoms with E-state index in [1.807, 2.05) is 0 Å². The van der Waals surface area contributed by atoms with Crippen LogP contribution < -0.4 is 15.4 Å². The number of aliphatic hydroxyl groups is 1. The van der Waals surface area contributed by atoms with Gasteiger partial charge in [-0.05, 0) is 55.1 Å². The van der Waals surface area contributed by atoms with Gasteiger partial charge in [-0.2, -0.15) is 0 Å². The number of halogens is 2. The van der Waals surface area contributed by atoms with E-state index in [1.54, 1.807) is 42.5 Å². The third-order valence-corrected chi connectivity index (χ3v) is 7.65. The molecule has 2 unspecified atom stereocenters. The Kier molecular flexibility index (Phi) is 7.79. The summed E-state index contributed by atoms with van der Waals surface area (Å²) in [5.74, 6) is -1.47. The average molecular weight is 547 g/mol. The summed E-state index contributed by atoms with van der Waals surface area (Å²) in [6.45, 7) is -0.0738. The first-order chi connectivity index (χ1) is 17.6. The lowest BCUT2D eigenvalue weighted by Gasteiger charge is -2.24. The molecule has 1 fully saturated rings. The van der Waals surface area contributed by atoms with Crippen LogP contribution in [0.2, 0.25) is 5.02 Å². The van der Waals surface area contributed by atoms with E-state index in [4.69, 9.17) is 11.6 Å². The Labute approximate surface area is 218 Å². The van der Waals surface area contributed by atoms with Crippen LogP contribution in [-0.2, 0) is 14.8 Å². The van der Waals surface area contributed by atoms with Crippen LogP contribution in [0.4, 0.5) is 20.6 Å². The average Bonchev–Trinajstić information content (AvgIpc) is 3.28. The maximum Gasteiger partial charge on any atom is 0.322 e. The minimum Gasteiger partial charge on any atom is -0.391 e. The number of rotatable bonds is 6. The number of urea groups is 1. The predicted molar refractivity (Wildman–Crippen MR) is 138 cm³/mol. The Balaban J connectivity index is 1.52. The van der Waals surface area contributed by atoms with E-state index < -0.39 is 39.9 Å². The van der Waals surface area contributed by atoms with Gasteiger partial charge >= 0.3 is 6.03 Å². The highest BCUT2D eigenvalue weighted by Crippen LogP contribution is 2.30. The molecule has 0 spiro atoms. The minimum atomic E-state index is -3.79. The highest BCUT2D eigenvalue weighted by molar-refractivity contribution is 7.89. The second-order valence-corrected chi connectivity index (χ2v) is 10.7. The van der Waals surface area contributed by atoms with Gasteiger partial charge in [-0.1, -0.05) is 35.9 Å². The largest absolute Gasteiger partial charge is 0.391 e. The molecule has 3 aromatic rings. The van der Waals surface area contributed by atoms with Crippen molar-refractivity contribution in [1.29, 1.82) is 0 Å². The molecule has 2 atom stereocenters. The zero-order chi connectivity index (χ0) is 26.7. The second kappa shape index (κ2) is 10.9. The molecule has 1 aliphatic rings. The number of sulfonamides is 1. The molecule has 0 saturated carbocycles. The summed E-state index contributed by atoms with van der Waals surface area (Å²) in [7, 11) is -2.51. The zero-order valence-electron chi connectivity index (χ0n) is 19.6. The summed E-state index contributed by atoms with van der Waals surface area (Å²) >= 11 is 5.86. The number of anilines is 2. The third kappa shape index (κ3) is 5.91. The van der Waals surface area contributed by atoms with Gasteiger partial charge in [0.05, 0.1) is 16.7 Å². The summed E-state index contributed by atoms with van der Waals surface area (Å²) in [6, 6.07) is 14.8. The molecule has 1 aliphatic heterocycles. The Morgan fingerprint density at radius 1 is 1.05 bits per heavy atom. The van der Waals surface area contributed by atoms with Crippen molar-refractivity contribution >= 4 is 44.9 Å². The molecule has 37 heavy (non-hydrogen) atoms. The fourth-order valence-electron chi connectivity index (χ4n) is 4.06. The van der Waals surface area contributed by atoms with Gasteiger partial charge in [0, 0.05) is 29.2 Å². The molecular weight excluding hydrogens is 523 g/mol. The number of benzene rings is 3. The number of β-amino-alcohol motifs (C(OH)–C–C–N with tert-alkyl or cyclic N) is 1. The third-order valence-electron chi connectivity index (χ3n) is 5.92. The van der Waals surface area contributed by atoms with Gasteiger partial charge in [-0.25, -0.2) is 22.3 Å². The second-order valence-electron chi connectivity index (χ2n) is 8.38. The summed E-state index contributed by atoms with van der Waals surface area (Å²) in [4.78, 5) is 26.9. The molecule has 4 N–H and O–H groups in total. The number of likely N-dealkylation sites (tertiary alicyclic amines) is 1. The molecule has 1 saturated heterocycles. The molecule has 0 radical (unpaired) electrons. The quantitative estimate of drug-likeness (QED) is 0.375. The van der Waals surface area contributed by atoms with Gasteiger partial charge in [-0.15, -0.1) is 0 Å². The lowest BCUT2D eigenvalue weighted by atomic mass is 10.0. The first kappa shape index (κ1) is 26.6. The minimum absolute atomic E-state index is 0.0176. The first-order valence-corrected chi connectivity index (χ1v) is 13.1. The van der Waals surface area contributed by atoms with Gasteiger partial charge in [0.2, 0.25) is 15.9 Å². The van der Waals surface area contributed by atoms with E-state index in [9.17, 15) is 23.1 Å². The lowest BCUT2D eigenvalue weighted by molar-refractivity contribution is -0.119. The first-order valence-electron chi connectivity index (χ1n) is 11.2. The Morgan fingerprint density at radius 3 is 2.43 bits per heavy atom. The van der Waals surface area contributed by atoms with Gasteiger partial charge in [0.1, 0.15) is 11.9 Å². The summed E-state index contributed by atoms with van der Waals surface area (Å²) in [5.41, 5.74) is 0.891. The highest BCUT2D eigenvalue weighted by atomic mass is 35.5. The number of aliphatic hydroxyl groups excluding tert-OH is 1. The SMILES string of the molecule is CNS(=O)(=O)c1ccccc1-c1ccc(NC(=O)C2CC(O)CN2C(=O)Nc2ccc(Cl)cc2)c(F)c1. The van der Waals surface area contributed by atoms with E-state index in [-0.39, 0.29) is 29.1 Å². The van der Waals surface area contributed by atoms with Gasteiger partial charge in [0.25, 0.3) is 0 Å². The van der Waals surface area contributed by atoms with Crippen molar-refractivity contribution in [2.45, 2.75) is 23.5 Å². The molecule has 0 aliphatic carbocycles. The molecule has 3 aromatic carbocycles. The summed E-state index contributed by atoms with van der Waals surface area (Å²) < 4.78 is 42.0. The van der Waals surface area contributed by atoms with Crippen LogP contribution in [0.1, 0.15) is 6.42 Å². The van der Waals surface area contributed by atoms with Gasteiger partial charge in [-0.3, -0.25) is 4.79 Å². The maximum absolute atomic E-state index is 15.0. The van der Waals surface area contributed by atoms with E-state index >= 15 is 4.39 Å². The maximum atomic E-state index is 15.0. The number of hydrogen-bond acceptors (Lipinski definition) is 5. The van der Waals surface area contributed by atoms with Gasteiger partial charge in [0.15, 0.2) is 0 Å².